The number of sulfone groups is 1. The molecule has 18 nitrogen and oxygen atoms in total. The summed E-state index contributed by atoms with van der Waals surface area (Å²) in [6.45, 7) is 29.6. The molecule has 8 aromatic carbocycles. The maximum Gasteiger partial charge on any atom is 0.210 e. The van der Waals surface area contributed by atoms with Crippen molar-refractivity contribution in [3.05, 3.63) is 266 Å². The molecule has 127 heavy (non-hydrogen) atoms. The number of aromatic carboxylic acids is 1. The molecule has 17 rings (SSSR count). The number of nitriles is 1. The molecule has 0 saturated carbocycles. The summed E-state index contributed by atoms with van der Waals surface area (Å²) in [5.74, 6) is 2.30. The lowest BCUT2D eigenvalue weighted by Crippen LogP contribution is -2.45. The van der Waals surface area contributed by atoms with E-state index in [0.717, 1.165) is 144 Å². The van der Waals surface area contributed by atoms with Crippen LogP contribution in [0.5, 0.6) is 11.5 Å². The van der Waals surface area contributed by atoms with Crippen molar-refractivity contribution in [2.45, 2.75) is 181 Å². The number of carboxylic acid groups (broad SMARTS) is 1. The van der Waals surface area contributed by atoms with Crippen LogP contribution in [-0.2, 0) is 55.9 Å². The molecule has 8 aromatic rings. The van der Waals surface area contributed by atoms with Gasteiger partial charge in [-0.2, -0.15) is 20.1 Å². The van der Waals surface area contributed by atoms with Crippen LogP contribution >= 0.6 is 0 Å². The van der Waals surface area contributed by atoms with E-state index < -0.39 is 21.1 Å². The lowest BCUT2D eigenvalue weighted by Gasteiger charge is -2.39. The second kappa shape index (κ2) is 39.0. The van der Waals surface area contributed by atoms with Crippen LogP contribution in [0.2, 0.25) is 0 Å². The Hall–Kier alpha value is -12.1. The highest BCUT2D eigenvalue weighted by molar-refractivity contribution is 7.92. The van der Waals surface area contributed by atoms with Gasteiger partial charge in [-0.15, -0.1) is 0 Å². The molecule has 0 N–H and O–H groups in total. The van der Waals surface area contributed by atoms with E-state index in [9.17, 15) is 33.2 Å². The molecule has 0 fully saturated rings. The van der Waals surface area contributed by atoms with E-state index in [1.807, 2.05) is 164 Å². The predicted octanol–water partition coefficient (Wildman–Crippen LogP) is 19.5. The standard InChI is InChI=1S/C36H47N2O.C26H26N3O.C24H22N2O3.C17H21N3O2S.C5H10O/c1-34(2,3)33(39)25-13-10-18-26-38-30-22-17-15-20-28(30)36(6,7)32(38)24-12-9-11-23-31-35(4,5)27-19-14-16-21-29(27)37(31)8;27-15-22-20-13-16-5-1-9-28-11-3-7-18(23(16)28)25(20)30-26-19-8-4-12-29-10-2-6-17(24(19)29)14-21(22)26;1-25(2)15-9-11-19-21(13-15)29-22-14-16(26(3)4)10-12-20(22)23(19)17-7-5-6-8-18(17)24(27)28;1-13(2)23(21,22)17-11-7-15(8-12-17)19-18-14-5-9-16(10-6-14)20(3)4;1-4(2)5(3)6/h9,11-12,14-17,19-24H,10,13,18,25-26H2,1-8H3;13-14H,1-12H2;5-14H,1-4H3;5-13H,1-4H3;4H,1-3H3/q2*+1;;;. The average molecular weight is 1720 g/mol. The first-order chi connectivity index (χ1) is 60.5. The Bertz CT molecular complexity index is 6370. The van der Waals surface area contributed by atoms with Gasteiger partial charge in [0.25, 0.3) is 0 Å². The molecule has 0 amide bonds. The monoisotopic (exact) mass is 1720 g/mol. The number of rotatable bonds is 18. The van der Waals surface area contributed by atoms with Crippen molar-refractivity contribution in [1.82, 2.24) is 9.15 Å². The van der Waals surface area contributed by atoms with Crippen LogP contribution in [0.25, 0.3) is 39.0 Å². The Morgan fingerprint density at radius 3 is 1.94 bits per heavy atom. The first-order valence-corrected chi connectivity index (χ1v) is 46.6. The van der Waals surface area contributed by atoms with Gasteiger partial charge in [0.1, 0.15) is 74.7 Å². The van der Waals surface area contributed by atoms with Gasteiger partial charge in [0.2, 0.25) is 16.4 Å². The van der Waals surface area contributed by atoms with E-state index in [2.05, 4.69) is 161 Å². The van der Waals surface area contributed by atoms with Crippen LogP contribution in [-0.4, -0.2) is 124 Å². The first-order valence-electron chi connectivity index (χ1n) is 45.0. The lowest BCUT2D eigenvalue weighted by atomic mass is 9.81. The number of carbonyl (C=O) groups excluding carboxylic acids is 3. The number of anilines is 4. The number of ether oxygens (including phenoxy) is 1. The zero-order chi connectivity index (χ0) is 91.1. The Balaban J connectivity index is 0.000000144. The maximum absolute atomic E-state index is 12.3. The van der Waals surface area contributed by atoms with Crippen molar-refractivity contribution >= 4 is 89.4 Å². The number of hydrogen-bond acceptors (Lipinski definition) is 15. The van der Waals surface area contributed by atoms with Crippen LogP contribution in [0.3, 0.4) is 0 Å². The molecule has 0 saturated heterocycles. The minimum Gasteiger partial charge on any atom is -0.545 e. The van der Waals surface area contributed by atoms with Crippen molar-refractivity contribution in [1.29, 1.82) is 5.26 Å². The average Bonchev–Trinajstić information content (AvgIpc) is 1.58. The van der Waals surface area contributed by atoms with Gasteiger partial charge in [-0.05, 0) is 194 Å². The molecular weight excluding hydrogens is 1600 g/mol. The molecule has 0 spiro atoms. The molecule has 19 heteroatoms. The zero-order valence-corrected chi connectivity index (χ0v) is 78.7. The summed E-state index contributed by atoms with van der Waals surface area (Å²) in [6.07, 6.45) is 23.9. The van der Waals surface area contributed by atoms with Crippen LogP contribution in [0.15, 0.2) is 225 Å². The highest BCUT2D eigenvalue weighted by Gasteiger charge is 2.44. The van der Waals surface area contributed by atoms with Gasteiger partial charge >= 0.3 is 0 Å². The van der Waals surface area contributed by atoms with E-state index in [4.69, 9.17) is 9.15 Å². The van der Waals surface area contributed by atoms with Crippen molar-refractivity contribution in [2.24, 2.45) is 21.6 Å². The summed E-state index contributed by atoms with van der Waals surface area (Å²) in [5.41, 5.74) is 23.1. The number of unbranched alkanes of at least 4 members (excludes halogenated alkanes) is 2. The van der Waals surface area contributed by atoms with Gasteiger partial charge in [0, 0.05) is 186 Å². The SMILES string of the molecule is CC(=O)C(C)C.CC(C)S(=O)(=O)c1ccc(N=Nc2ccc(N(C)C)cc2)cc1.CN(C)c1ccc2c(-c3ccccc3C(=O)[O-])c3ccc(=[N+](C)C)cc-3oc2c1.C[N+]1=C(C=CC=CC=C2N(CCCCCC(=O)C(C)(C)C)c3ccccc3C2(C)C)C(C)(C)c2ccccc21.N#CC1=c2cc3c4c(c2Oc2c1cc1c5c2CCCN5CCC1)CCC[N+]=4CCC3. The molecule has 8 aliphatic heterocycles. The van der Waals surface area contributed by atoms with Gasteiger partial charge in [0.05, 0.1) is 50.1 Å². The minimum atomic E-state index is -3.25. The second-order valence-corrected chi connectivity index (χ2v) is 40.0. The predicted molar refractivity (Wildman–Crippen MR) is 516 cm³/mol. The third kappa shape index (κ3) is 19.9. The number of hydrogen-bond donors (Lipinski definition) is 0. The van der Waals surface area contributed by atoms with E-state index in [-0.39, 0.29) is 33.5 Å². The number of carbonyl (C=O) groups is 3. The zero-order valence-electron chi connectivity index (χ0n) is 77.9. The van der Waals surface area contributed by atoms with E-state index >= 15 is 0 Å². The van der Waals surface area contributed by atoms with Gasteiger partial charge in [-0.25, -0.2) is 17.6 Å². The highest BCUT2D eigenvalue weighted by Crippen LogP contribution is 2.50. The van der Waals surface area contributed by atoms with Gasteiger partial charge in [-0.1, -0.05) is 134 Å². The fourth-order valence-electron chi connectivity index (χ4n) is 18.3. The van der Waals surface area contributed by atoms with Crippen LogP contribution in [0.1, 0.15) is 184 Å². The van der Waals surface area contributed by atoms with E-state index in [1.54, 1.807) is 57.2 Å². The number of para-hydroxylation sites is 2. The van der Waals surface area contributed by atoms with E-state index in [1.165, 1.54) is 92.9 Å². The highest BCUT2D eigenvalue weighted by atomic mass is 32.2. The molecule has 9 aliphatic rings. The van der Waals surface area contributed by atoms with Crippen molar-refractivity contribution in [3.8, 4) is 40.0 Å². The van der Waals surface area contributed by atoms with Crippen LogP contribution in [0.4, 0.5) is 39.8 Å². The Kier molecular flexibility index (Phi) is 28.4. The van der Waals surface area contributed by atoms with Gasteiger partial charge in [-0.3, -0.25) is 9.59 Å². The van der Waals surface area contributed by atoms with Crippen LogP contribution < -0.4 is 54.5 Å². The third-order valence-corrected chi connectivity index (χ3v) is 27.9. The molecule has 0 bridgehead atoms. The normalized spacial score (nSPS) is 15.8. The fraction of sp³-hybridized carbons (Fsp3) is 0.380. The largest absolute Gasteiger partial charge is 0.545 e. The topological polar surface area (TPSA) is 201 Å². The Labute approximate surface area is 751 Å². The summed E-state index contributed by atoms with van der Waals surface area (Å²) in [4.78, 5) is 43.6. The summed E-state index contributed by atoms with van der Waals surface area (Å²) < 4.78 is 44.1. The fourth-order valence-corrected chi connectivity index (χ4v) is 19.3. The number of nitrogens with zero attached hydrogens (tertiary/aromatic N) is 10. The smallest absolute Gasteiger partial charge is 0.210 e. The van der Waals surface area contributed by atoms with Gasteiger partial charge in [0.15, 0.2) is 15.5 Å². The Morgan fingerprint density at radius 1 is 0.669 bits per heavy atom. The number of allylic oxidation sites excluding steroid dienone is 6. The molecule has 8 heterocycles. The van der Waals surface area contributed by atoms with Crippen molar-refractivity contribution in [2.75, 3.05) is 102 Å². The lowest BCUT2D eigenvalue weighted by molar-refractivity contribution is -0.401. The summed E-state index contributed by atoms with van der Waals surface area (Å²) in [7, 11) is 10.7. The number of carboxylic acids is 1. The van der Waals surface area contributed by atoms with Crippen molar-refractivity contribution in [3.63, 3.8) is 0 Å². The van der Waals surface area contributed by atoms with Crippen LogP contribution in [0, 0.1) is 22.7 Å². The quantitative estimate of drug-likeness (QED) is 0.0258. The molecule has 0 atom stereocenters. The molecule has 1 aliphatic carbocycles. The van der Waals surface area contributed by atoms with Crippen molar-refractivity contribution < 1.29 is 41.6 Å². The van der Waals surface area contributed by atoms with E-state index in [0.29, 0.717) is 39.7 Å². The molecule has 0 aromatic heterocycles. The second-order valence-electron chi connectivity index (χ2n) is 37.5. The number of Topliss-reactive ketones (excluding diaryl/α,β-unsaturated/α-hetero) is 2. The maximum atomic E-state index is 12.3. The van der Waals surface area contributed by atoms with Gasteiger partial charge < -0.3 is 38.7 Å². The molecule has 660 valence electrons. The number of aryl methyl sites for hydroxylation is 2. The number of fused-ring (bicyclic) bond motifs is 8. The summed E-state index contributed by atoms with van der Waals surface area (Å²) in [5, 5.41) is 34.3. The number of ketones is 2. The third-order valence-electron chi connectivity index (χ3n) is 25.8. The minimum absolute atomic E-state index is 0.0163. The molecular formula is C108H126N10O8S+2. The number of azo groups is 1. The Morgan fingerprint density at radius 2 is 1.29 bits per heavy atom. The first kappa shape index (κ1) is 92.5. The summed E-state index contributed by atoms with van der Waals surface area (Å²) in [6, 6.07) is 57.7. The summed E-state index contributed by atoms with van der Waals surface area (Å²) >= 11 is 0. The molecule has 0 unspecified atom stereocenters. The molecule has 0 radical (unpaired) electrons. The number of benzene rings is 9.